The second-order valence-corrected chi connectivity index (χ2v) is 7.29. The summed E-state index contributed by atoms with van der Waals surface area (Å²) in [7, 11) is 0. The minimum absolute atomic E-state index is 0.221. The number of ether oxygens (including phenoxy) is 2. The molecule has 0 aromatic heterocycles. The Morgan fingerprint density at radius 2 is 1.50 bits per heavy atom. The second-order valence-electron chi connectivity index (χ2n) is 7.29. The first-order valence-corrected chi connectivity index (χ1v) is 9.03. The molecule has 2 rings (SSSR count). The molecule has 0 unspecified atom stereocenters. The Morgan fingerprint density at radius 3 is 2.07 bits per heavy atom. The van der Waals surface area contributed by atoms with Crippen molar-refractivity contribution in [3.05, 3.63) is 71.8 Å². The maximum Gasteiger partial charge on any atom is 0.408 e. The van der Waals surface area contributed by atoms with E-state index >= 15 is 0 Å². The van der Waals surface area contributed by atoms with Crippen LogP contribution in [0, 0.1) is 0 Å². The number of carbonyl (C=O) groups is 3. The van der Waals surface area contributed by atoms with Crippen molar-refractivity contribution in [2.24, 2.45) is 0 Å². The van der Waals surface area contributed by atoms with Gasteiger partial charge in [0.15, 0.2) is 12.4 Å². The second kappa shape index (κ2) is 9.69. The smallest absolute Gasteiger partial charge is 0.408 e. The molecular weight excluding hydrogens is 358 g/mol. The molecule has 0 aliphatic carbocycles. The fourth-order valence-corrected chi connectivity index (χ4v) is 2.44. The molecule has 6 nitrogen and oxygen atoms in total. The van der Waals surface area contributed by atoms with Gasteiger partial charge >= 0.3 is 12.1 Å². The van der Waals surface area contributed by atoms with Gasteiger partial charge in [0.1, 0.15) is 11.6 Å². The number of ketones is 1. The van der Waals surface area contributed by atoms with E-state index in [9.17, 15) is 14.4 Å². The monoisotopic (exact) mass is 383 g/mol. The van der Waals surface area contributed by atoms with E-state index in [1.54, 1.807) is 51.1 Å². The van der Waals surface area contributed by atoms with Gasteiger partial charge in [0.25, 0.3) is 0 Å². The largest absolute Gasteiger partial charge is 0.456 e. The van der Waals surface area contributed by atoms with E-state index in [1.165, 1.54) is 0 Å². The van der Waals surface area contributed by atoms with Crippen LogP contribution in [0.25, 0.3) is 0 Å². The minimum Gasteiger partial charge on any atom is -0.456 e. The summed E-state index contributed by atoms with van der Waals surface area (Å²) in [6, 6.07) is 16.8. The molecule has 6 heteroatoms. The molecule has 1 atom stereocenters. The Labute approximate surface area is 164 Å². The molecule has 0 aliphatic heterocycles. The number of hydrogen-bond donors (Lipinski definition) is 1. The van der Waals surface area contributed by atoms with Gasteiger partial charge in [0.2, 0.25) is 0 Å². The highest BCUT2D eigenvalue weighted by Crippen LogP contribution is 2.10. The van der Waals surface area contributed by atoms with Crippen LogP contribution >= 0.6 is 0 Å². The summed E-state index contributed by atoms with van der Waals surface area (Å²) in [5.74, 6) is -1.01. The molecule has 1 amide bonds. The fraction of sp³-hybridized carbons (Fsp3) is 0.318. The Hall–Kier alpha value is -3.15. The number of carbonyl (C=O) groups excluding carboxylic acids is 3. The van der Waals surface area contributed by atoms with Gasteiger partial charge in [0, 0.05) is 12.0 Å². The predicted octanol–water partition coefficient (Wildman–Crippen LogP) is 3.55. The molecule has 0 fully saturated rings. The zero-order valence-electron chi connectivity index (χ0n) is 16.3. The van der Waals surface area contributed by atoms with Gasteiger partial charge in [-0.15, -0.1) is 0 Å². The van der Waals surface area contributed by atoms with Crippen LogP contribution < -0.4 is 5.32 Å². The highest BCUT2D eigenvalue weighted by atomic mass is 16.6. The molecule has 0 saturated heterocycles. The van der Waals surface area contributed by atoms with Gasteiger partial charge < -0.3 is 14.8 Å². The van der Waals surface area contributed by atoms with Crippen molar-refractivity contribution < 1.29 is 23.9 Å². The molecule has 0 saturated carbocycles. The van der Waals surface area contributed by atoms with Crippen LogP contribution in [-0.2, 0) is 20.7 Å². The number of amides is 1. The van der Waals surface area contributed by atoms with Crippen LogP contribution in [0.3, 0.4) is 0 Å². The third kappa shape index (κ3) is 7.23. The molecule has 0 radical (unpaired) electrons. The maximum absolute atomic E-state index is 12.5. The van der Waals surface area contributed by atoms with Crippen molar-refractivity contribution in [1.29, 1.82) is 0 Å². The molecule has 0 bridgehead atoms. The normalized spacial score (nSPS) is 12.0. The van der Waals surface area contributed by atoms with Crippen LogP contribution in [-0.4, -0.2) is 36.1 Å². The van der Waals surface area contributed by atoms with E-state index in [0.717, 1.165) is 5.56 Å². The van der Waals surface area contributed by atoms with E-state index in [0.29, 0.717) is 5.56 Å². The van der Waals surface area contributed by atoms with Gasteiger partial charge in [-0.3, -0.25) is 4.79 Å². The highest BCUT2D eigenvalue weighted by Gasteiger charge is 2.26. The van der Waals surface area contributed by atoms with E-state index in [2.05, 4.69) is 5.32 Å². The Balaban J connectivity index is 2.03. The summed E-state index contributed by atoms with van der Waals surface area (Å²) in [5.41, 5.74) is 0.596. The number of hydrogen-bond acceptors (Lipinski definition) is 5. The van der Waals surface area contributed by atoms with E-state index < -0.39 is 30.3 Å². The lowest BCUT2D eigenvalue weighted by atomic mass is 10.1. The standard InChI is InChI=1S/C22H25NO5/c1-22(2,3)28-21(26)23-18(14-16-10-6-4-7-11-16)20(25)27-15-19(24)17-12-8-5-9-13-17/h4-13,18H,14-15H2,1-3H3,(H,23,26)/t18-/m0/s1. The summed E-state index contributed by atoms with van der Waals surface area (Å²) in [5, 5.41) is 2.54. The summed E-state index contributed by atoms with van der Waals surface area (Å²) < 4.78 is 10.4. The van der Waals surface area contributed by atoms with Gasteiger partial charge in [-0.2, -0.15) is 0 Å². The van der Waals surface area contributed by atoms with Gasteiger partial charge in [-0.1, -0.05) is 60.7 Å². The van der Waals surface area contributed by atoms with Crippen molar-refractivity contribution in [2.45, 2.75) is 38.8 Å². The topological polar surface area (TPSA) is 81.7 Å². The SMILES string of the molecule is CC(C)(C)OC(=O)N[C@@H](Cc1ccccc1)C(=O)OCC(=O)c1ccccc1. The molecule has 0 heterocycles. The Bertz CT molecular complexity index is 797. The van der Waals surface area contributed by atoms with E-state index in [1.807, 2.05) is 30.3 Å². The number of benzene rings is 2. The zero-order valence-corrected chi connectivity index (χ0v) is 16.3. The average Bonchev–Trinajstić information content (AvgIpc) is 2.65. The number of Topliss-reactive ketones (excluding diaryl/α,β-unsaturated/α-hetero) is 1. The predicted molar refractivity (Wildman–Crippen MR) is 105 cm³/mol. The van der Waals surface area contributed by atoms with E-state index in [4.69, 9.17) is 9.47 Å². The van der Waals surface area contributed by atoms with Gasteiger partial charge in [-0.25, -0.2) is 9.59 Å². The van der Waals surface area contributed by atoms with Gasteiger partial charge in [-0.05, 0) is 26.3 Å². The summed E-state index contributed by atoms with van der Waals surface area (Å²) in [4.78, 5) is 36.8. The first-order chi connectivity index (χ1) is 13.2. The van der Waals surface area contributed by atoms with Gasteiger partial charge in [0.05, 0.1) is 0 Å². The molecular formula is C22H25NO5. The van der Waals surface area contributed by atoms with Crippen molar-refractivity contribution in [3.8, 4) is 0 Å². The molecule has 0 spiro atoms. The molecule has 2 aromatic carbocycles. The fourth-order valence-electron chi connectivity index (χ4n) is 2.44. The molecule has 148 valence electrons. The Morgan fingerprint density at radius 1 is 0.929 bits per heavy atom. The summed E-state index contributed by atoms with van der Waals surface area (Å²) >= 11 is 0. The first kappa shape index (κ1) is 21.2. The number of esters is 1. The maximum atomic E-state index is 12.5. The van der Waals surface area contributed by atoms with Crippen molar-refractivity contribution in [1.82, 2.24) is 5.32 Å². The van der Waals surface area contributed by atoms with E-state index in [-0.39, 0.29) is 12.2 Å². The average molecular weight is 383 g/mol. The van der Waals surface area contributed by atoms with Crippen LogP contribution in [0.2, 0.25) is 0 Å². The van der Waals surface area contributed by atoms with Crippen LogP contribution in [0.5, 0.6) is 0 Å². The van der Waals surface area contributed by atoms with Crippen molar-refractivity contribution in [3.63, 3.8) is 0 Å². The lowest BCUT2D eigenvalue weighted by Crippen LogP contribution is -2.45. The quantitative estimate of drug-likeness (QED) is 0.584. The van der Waals surface area contributed by atoms with Crippen LogP contribution in [0.15, 0.2) is 60.7 Å². The molecule has 1 N–H and O–H groups in total. The molecule has 28 heavy (non-hydrogen) atoms. The minimum atomic E-state index is -0.971. The molecule has 2 aromatic rings. The van der Waals surface area contributed by atoms with Crippen molar-refractivity contribution >= 4 is 17.8 Å². The number of nitrogens with one attached hydrogen (secondary N) is 1. The third-order valence-electron chi connectivity index (χ3n) is 3.70. The lowest BCUT2D eigenvalue weighted by Gasteiger charge is -2.23. The number of rotatable bonds is 7. The Kier molecular flexibility index (Phi) is 7.32. The zero-order chi connectivity index (χ0) is 20.6. The summed E-state index contributed by atoms with van der Waals surface area (Å²) in [6.07, 6.45) is -0.502. The highest BCUT2D eigenvalue weighted by molar-refractivity contribution is 5.98. The third-order valence-corrected chi connectivity index (χ3v) is 3.70. The van der Waals surface area contributed by atoms with Crippen LogP contribution in [0.4, 0.5) is 4.79 Å². The lowest BCUT2D eigenvalue weighted by molar-refractivity contribution is -0.145. The number of alkyl carbamates (subject to hydrolysis) is 1. The van der Waals surface area contributed by atoms with Crippen LogP contribution in [0.1, 0.15) is 36.7 Å². The van der Waals surface area contributed by atoms with Crippen molar-refractivity contribution in [2.75, 3.05) is 6.61 Å². The molecule has 0 aliphatic rings. The summed E-state index contributed by atoms with van der Waals surface area (Å²) in [6.45, 7) is 4.80. The first-order valence-electron chi connectivity index (χ1n) is 9.03.